The normalized spacial score (nSPS) is 23.0. The average Bonchev–Trinajstić information content (AvgIpc) is 2.68. The molecule has 1 aliphatic carbocycles. The molecule has 0 radical (unpaired) electrons. The van der Waals surface area contributed by atoms with E-state index in [0.29, 0.717) is 17.4 Å². The van der Waals surface area contributed by atoms with E-state index in [9.17, 15) is 9.59 Å². The van der Waals surface area contributed by atoms with Crippen LogP contribution in [0.5, 0.6) is 0 Å². The maximum absolute atomic E-state index is 13.4. The number of amides is 2. The van der Waals surface area contributed by atoms with E-state index in [2.05, 4.69) is 11.9 Å². The predicted molar refractivity (Wildman–Crippen MR) is 115 cm³/mol. The van der Waals surface area contributed by atoms with E-state index >= 15 is 0 Å². The number of piperazine rings is 1. The van der Waals surface area contributed by atoms with Gasteiger partial charge in [-0.05, 0) is 56.3 Å². The summed E-state index contributed by atoms with van der Waals surface area (Å²) in [4.78, 5) is 32.4. The lowest BCUT2D eigenvalue weighted by molar-refractivity contribution is -0.142. The Morgan fingerprint density at radius 2 is 1.72 bits per heavy atom. The molecule has 3 aliphatic rings. The monoisotopic (exact) mass is 417 g/mol. The second-order valence-corrected chi connectivity index (χ2v) is 9.51. The van der Waals surface area contributed by atoms with Gasteiger partial charge in [0.05, 0.1) is 5.41 Å². The van der Waals surface area contributed by atoms with E-state index < -0.39 is 0 Å². The number of hydrogen-bond donors (Lipinski definition) is 0. The molecule has 1 aromatic carbocycles. The summed E-state index contributed by atoms with van der Waals surface area (Å²) < 4.78 is 0. The number of rotatable bonds is 4. The van der Waals surface area contributed by atoms with Gasteiger partial charge in [0.15, 0.2) is 0 Å². The van der Waals surface area contributed by atoms with E-state index in [0.717, 1.165) is 76.9 Å². The lowest BCUT2D eigenvalue weighted by atomic mass is 9.63. The lowest BCUT2D eigenvalue weighted by Crippen LogP contribution is -2.53. The summed E-state index contributed by atoms with van der Waals surface area (Å²) in [5.41, 5.74) is 0.682. The molecule has 29 heavy (non-hydrogen) atoms. The highest BCUT2D eigenvalue weighted by atomic mass is 35.5. The Labute approximate surface area is 179 Å². The number of piperidine rings is 1. The van der Waals surface area contributed by atoms with Gasteiger partial charge >= 0.3 is 0 Å². The Hall–Kier alpha value is -1.59. The highest BCUT2D eigenvalue weighted by molar-refractivity contribution is 6.30. The molecular weight excluding hydrogens is 386 g/mol. The van der Waals surface area contributed by atoms with Gasteiger partial charge in [0.2, 0.25) is 11.8 Å². The SMILES string of the molecule is CN1CCN(C(=O)CC2CCN(C(=O)C3(c4cccc(Cl)c4)CCC3)CC2)CC1. The summed E-state index contributed by atoms with van der Waals surface area (Å²) in [5.74, 6) is 0.946. The van der Waals surface area contributed by atoms with Crippen molar-refractivity contribution in [1.29, 1.82) is 0 Å². The van der Waals surface area contributed by atoms with Gasteiger partial charge in [0.25, 0.3) is 0 Å². The van der Waals surface area contributed by atoms with E-state index in [1.54, 1.807) is 0 Å². The minimum absolute atomic E-state index is 0.259. The summed E-state index contributed by atoms with van der Waals surface area (Å²) in [7, 11) is 2.10. The topological polar surface area (TPSA) is 43.9 Å². The van der Waals surface area contributed by atoms with Gasteiger partial charge in [-0.15, -0.1) is 0 Å². The van der Waals surface area contributed by atoms with Crippen molar-refractivity contribution in [3.63, 3.8) is 0 Å². The highest BCUT2D eigenvalue weighted by Crippen LogP contribution is 2.46. The summed E-state index contributed by atoms with van der Waals surface area (Å²) in [5, 5.41) is 0.697. The summed E-state index contributed by atoms with van der Waals surface area (Å²) in [6, 6.07) is 7.82. The number of halogens is 1. The van der Waals surface area contributed by atoms with Gasteiger partial charge in [-0.3, -0.25) is 9.59 Å². The van der Waals surface area contributed by atoms with Crippen molar-refractivity contribution in [3.05, 3.63) is 34.9 Å². The first-order valence-corrected chi connectivity index (χ1v) is 11.4. The number of hydrogen-bond acceptors (Lipinski definition) is 3. The molecule has 0 spiro atoms. The highest BCUT2D eigenvalue weighted by Gasteiger charge is 2.48. The van der Waals surface area contributed by atoms with Gasteiger partial charge in [-0.25, -0.2) is 0 Å². The van der Waals surface area contributed by atoms with E-state index in [1.165, 1.54) is 0 Å². The Balaban J connectivity index is 1.32. The molecule has 4 rings (SSSR count). The largest absolute Gasteiger partial charge is 0.342 e. The van der Waals surface area contributed by atoms with Crippen LogP contribution in [0.15, 0.2) is 24.3 Å². The third-order valence-corrected chi connectivity index (χ3v) is 7.45. The molecule has 1 aromatic rings. The molecule has 3 fully saturated rings. The molecule has 1 saturated carbocycles. The molecule has 158 valence electrons. The van der Waals surface area contributed by atoms with Crippen molar-refractivity contribution in [1.82, 2.24) is 14.7 Å². The van der Waals surface area contributed by atoms with Crippen LogP contribution < -0.4 is 0 Å². The molecule has 0 aromatic heterocycles. The van der Waals surface area contributed by atoms with Crippen LogP contribution in [-0.4, -0.2) is 72.8 Å². The maximum Gasteiger partial charge on any atom is 0.233 e. The second kappa shape index (κ2) is 8.65. The average molecular weight is 418 g/mol. The molecule has 2 aliphatic heterocycles. The number of carbonyl (C=O) groups is 2. The third kappa shape index (κ3) is 4.31. The van der Waals surface area contributed by atoms with Crippen molar-refractivity contribution in [2.45, 2.75) is 43.9 Å². The fourth-order valence-corrected chi connectivity index (χ4v) is 5.21. The van der Waals surface area contributed by atoms with Crippen LogP contribution in [0.3, 0.4) is 0 Å². The van der Waals surface area contributed by atoms with Crippen molar-refractivity contribution < 1.29 is 9.59 Å². The van der Waals surface area contributed by atoms with Crippen LogP contribution in [-0.2, 0) is 15.0 Å². The smallest absolute Gasteiger partial charge is 0.233 e. The summed E-state index contributed by atoms with van der Waals surface area (Å²) in [6.45, 7) is 5.14. The van der Waals surface area contributed by atoms with Crippen LogP contribution in [0.4, 0.5) is 0 Å². The minimum atomic E-state index is -0.382. The molecular formula is C23H32ClN3O2. The fraction of sp³-hybridized carbons (Fsp3) is 0.652. The second-order valence-electron chi connectivity index (χ2n) is 9.07. The van der Waals surface area contributed by atoms with E-state index in [1.807, 2.05) is 34.1 Å². The van der Waals surface area contributed by atoms with Crippen LogP contribution in [0.2, 0.25) is 5.02 Å². The maximum atomic E-state index is 13.4. The van der Waals surface area contributed by atoms with Gasteiger partial charge < -0.3 is 14.7 Å². The first-order valence-electron chi connectivity index (χ1n) is 11.0. The number of likely N-dealkylation sites (tertiary alicyclic amines) is 1. The molecule has 2 saturated heterocycles. The molecule has 0 N–H and O–H groups in total. The first-order chi connectivity index (χ1) is 14.0. The van der Waals surface area contributed by atoms with Gasteiger partial charge in [-0.2, -0.15) is 0 Å². The van der Waals surface area contributed by atoms with Crippen LogP contribution in [0.1, 0.15) is 44.1 Å². The minimum Gasteiger partial charge on any atom is -0.342 e. The quantitative estimate of drug-likeness (QED) is 0.755. The Bertz CT molecular complexity index is 748. The zero-order valence-corrected chi connectivity index (χ0v) is 18.2. The molecule has 2 heterocycles. The first kappa shape index (κ1) is 20.7. The van der Waals surface area contributed by atoms with E-state index in [-0.39, 0.29) is 17.2 Å². The van der Waals surface area contributed by atoms with Crippen LogP contribution in [0.25, 0.3) is 0 Å². The zero-order valence-electron chi connectivity index (χ0n) is 17.4. The zero-order chi connectivity index (χ0) is 20.4. The Morgan fingerprint density at radius 1 is 1.03 bits per heavy atom. The molecule has 2 amide bonds. The number of likely N-dealkylation sites (N-methyl/N-ethyl adjacent to an activating group) is 1. The van der Waals surface area contributed by atoms with Crippen molar-refractivity contribution >= 4 is 23.4 Å². The van der Waals surface area contributed by atoms with Crippen LogP contribution >= 0.6 is 11.6 Å². The Kier molecular flexibility index (Phi) is 6.16. The Morgan fingerprint density at radius 3 is 2.31 bits per heavy atom. The van der Waals surface area contributed by atoms with Crippen molar-refractivity contribution in [2.24, 2.45) is 5.92 Å². The number of nitrogens with zero attached hydrogens (tertiary/aromatic N) is 3. The van der Waals surface area contributed by atoms with Crippen molar-refractivity contribution in [2.75, 3.05) is 46.3 Å². The number of benzene rings is 1. The molecule has 0 unspecified atom stereocenters. The summed E-state index contributed by atoms with van der Waals surface area (Å²) in [6.07, 6.45) is 5.40. The van der Waals surface area contributed by atoms with E-state index in [4.69, 9.17) is 11.6 Å². The lowest BCUT2D eigenvalue weighted by Gasteiger charge is -2.45. The molecule has 0 atom stereocenters. The van der Waals surface area contributed by atoms with Gasteiger partial charge in [0.1, 0.15) is 0 Å². The van der Waals surface area contributed by atoms with Crippen LogP contribution in [0, 0.1) is 5.92 Å². The molecule has 5 nitrogen and oxygen atoms in total. The van der Waals surface area contributed by atoms with Crippen molar-refractivity contribution in [3.8, 4) is 0 Å². The third-order valence-electron chi connectivity index (χ3n) is 7.21. The summed E-state index contributed by atoms with van der Waals surface area (Å²) >= 11 is 6.20. The van der Waals surface area contributed by atoms with Gasteiger partial charge in [0, 0.05) is 50.7 Å². The standard InChI is InChI=1S/C23H32ClN3O2/c1-25-12-14-26(15-13-25)21(28)16-18-6-10-27(11-7-18)22(29)23(8-3-9-23)19-4-2-5-20(24)17-19/h2,4-5,17-18H,3,6-16H2,1H3. The number of carbonyl (C=O) groups excluding carboxylic acids is 2. The molecule has 6 heteroatoms. The predicted octanol–water partition coefficient (Wildman–Crippen LogP) is 3.16. The fourth-order valence-electron chi connectivity index (χ4n) is 5.02. The van der Waals surface area contributed by atoms with Gasteiger partial charge in [-0.1, -0.05) is 30.2 Å². The molecule has 0 bridgehead atoms.